The summed E-state index contributed by atoms with van der Waals surface area (Å²) < 4.78 is 33.9. The van der Waals surface area contributed by atoms with Gasteiger partial charge in [0.25, 0.3) is 7.82 Å². The third-order valence-corrected chi connectivity index (χ3v) is 10.7. The Morgan fingerprint density at radius 1 is 0.556 bits per heavy atom. The maximum Gasteiger partial charge on any atom is 0.306 e. The van der Waals surface area contributed by atoms with E-state index in [2.05, 4.69) is 26.0 Å². The van der Waals surface area contributed by atoms with Gasteiger partial charge in [0, 0.05) is 12.8 Å². The van der Waals surface area contributed by atoms with Crippen molar-refractivity contribution in [1.82, 2.24) is 0 Å². The van der Waals surface area contributed by atoms with Crippen LogP contribution < -0.4 is 4.89 Å². The van der Waals surface area contributed by atoms with Gasteiger partial charge in [-0.1, -0.05) is 167 Å². The molecule has 0 aromatic carbocycles. The molecule has 0 radical (unpaired) electrons. The van der Waals surface area contributed by atoms with Crippen molar-refractivity contribution < 1.29 is 42.1 Å². The predicted molar refractivity (Wildman–Crippen MR) is 222 cm³/mol. The summed E-state index contributed by atoms with van der Waals surface area (Å²) in [6.45, 7) is 4.24. The number of allylic oxidation sites excluding steroid dienone is 2. The molecule has 0 fully saturated rings. The fraction of sp³-hybridized carbons (Fsp3) is 0.909. The molecule has 0 spiro atoms. The zero-order valence-corrected chi connectivity index (χ0v) is 36.8. The van der Waals surface area contributed by atoms with Gasteiger partial charge in [0.15, 0.2) is 6.10 Å². The van der Waals surface area contributed by atoms with Gasteiger partial charge in [-0.05, 0) is 38.5 Å². The lowest BCUT2D eigenvalue weighted by Gasteiger charge is -2.28. The molecule has 2 unspecified atom stereocenters. The molecule has 320 valence electrons. The molecule has 9 nitrogen and oxygen atoms in total. The second-order valence-corrected chi connectivity index (χ2v) is 17.8. The van der Waals surface area contributed by atoms with Crippen LogP contribution in [0.4, 0.5) is 0 Å². The van der Waals surface area contributed by atoms with Gasteiger partial charge in [0.2, 0.25) is 0 Å². The van der Waals surface area contributed by atoms with Crippen molar-refractivity contribution in [2.24, 2.45) is 0 Å². The summed E-state index contributed by atoms with van der Waals surface area (Å²) >= 11 is 0. The zero-order valence-electron chi connectivity index (χ0n) is 35.9. The Labute approximate surface area is 333 Å². The fourth-order valence-corrected chi connectivity index (χ4v) is 6.97. The lowest BCUT2D eigenvalue weighted by atomic mass is 10.0. The number of phosphoric acid groups is 1. The van der Waals surface area contributed by atoms with Gasteiger partial charge in [0.1, 0.15) is 19.8 Å². The van der Waals surface area contributed by atoms with Gasteiger partial charge in [-0.2, -0.15) is 0 Å². The minimum absolute atomic E-state index is 0.0286. The van der Waals surface area contributed by atoms with Crippen LogP contribution in [0.25, 0.3) is 0 Å². The number of carbonyl (C=O) groups excluding carboxylic acids is 2. The maximum atomic E-state index is 12.7. The number of rotatable bonds is 41. The summed E-state index contributed by atoms with van der Waals surface area (Å²) in [5.74, 6) is -0.831. The Balaban J connectivity index is 4.31. The molecule has 0 bridgehead atoms. The predicted octanol–water partition coefficient (Wildman–Crippen LogP) is 11.9. The van der Waals surface area contributed by atoms with Crippen LogP contribution in [0.5, 0.6) is 0 Å². The molecule has 0 aromatic heterocycles. The second kappa shape index (κ2) is 37.3. The Morgan fingerprint density at radius 2 is 0.944 bits per heavy atom. The number of likely N-dealkylation sites (N-methyl/N-ethyl adjacent to an activating group) is 1. The molecule has 0 saturated carbocycles. The van der Waals surface area contributed by atoms with Gasteiger partial charge in [-0.3, -0.25) is 14.2 Å². The summed E-state index contributed by atoms with van der Waals surface area (Å²) in [4.78, 5) is 37.5. The highest BCUT2D eigenvalue weighted by atomic mass is 31.2. The van der Waals surface area contributed by atoms with Crippen molar-refractivity contribution in [3.05, 3.63) is 12.2 Å². The summed E-state index contributed by atoms with van der Waals surface area (Å²) in [5.41, 5.74) is 0. The van der Waals surface area contributed by atoms with E-state index in [1.165, 1.54) is 128 Å². The average molecular weight is 788 g/mol. The summed E-state index contributed by atoms with van der Waals surface area (Å²) in [5, 5.41) is 0. The molecule has 2 atom stereocenters. The van der Waals surface area contributed by atoms with Crippen LogP contribution in [0.1, 0.15) is 206 Å². The van der Waals surface area contributed by atoms with Crippen LogP contribution in [0.15, 0.2) is 12.2 Å². The Kier molecular flexibility index (Phi) is 36.5. The van der Waals surface area contributed by atoms with Crippen molar-refractivity contribution >= 4 is 19.8 Å². The third-order valence-electron chi connectivity index (χ3n) is 9.79. The first kappa shape index (κ1) is 52.8. The molecular weight excluding hydrogens is 701 g/mol. The minimum atomic E-state index is -4.62. The second-order valence-electron chi connectivity index (χ2n) is 16.4. The van der Waals surface area contributed by atoms with Crippen molar-refractivity contribution in [3.8, 4) is 0 Å². The van der Waals surface area contributed by atoms with Gasteiger partial charge >= 0.3 is 11.9 Å². The lowest BCUT2D eigenvalue weighted by Crippen LogP contribution is -2.37. The zero-order chi connectivity index (χ0) is 40.0. The number of esters is 2. The van der Waals surface area contributed by atoms with Crippen LogP contribution >= 0.6 is 7.82 Å². The van der Waals surface area contributed by atoms with Crippen LogP contribution in [-0.4, -0.2) is 70.0 Å². The van der Waals surface area contributed by atoms with E-state index in [0.29, 0.717) is 17.4 Å². The first-order valence-electron chi connectivity index (χ1n) is 22.4. The number of hydrogen-bond donors (Lipinski definition) is 0. The van der Waals surface area contributed by atoms with Gasteiger partial charge in [0.05, 0.1) is 27.7 Å². The molecule has 0 aliphatic carbocycles. The van der Waals surface area contributed by atoms with E-state index in [1.54, 1.807) is 0 Å². The number of quaternary nitrogens is 1. The summed E-state index contributed by atoms with van der Waals surface area (Å²) in [6, 6.07) is 0. The Bertz CT molecular complexity index is 938. The number of phosphoric ester groups is 1. The minimum Gasteiger partial charge on any atom is -0.756 e. The Morgan fingerprint density at radius 3 is 1.37 bits per heavy atom. The maximum absolute atomic E-state index is 12.7. The highest BCUT2D eigenvalue weighted by Gasteiger charge is 2.21. The highest BCUT2D eigenvalue weighted by Crippen LogP contribution is 2.38. The van der Waals surface area contributed by atoms with E-state index in [1.807, 2.05) is 21.1 Å². The monoisotopic (exact) mass is 788 g/mol. The van der Waals surface area contributed by atoms with Crippen molar-refractivity contribution in [1.29, 1.82) is 0 Å². The number of hydrogen-bond acceptors (Lipinski definition) is 8. The molecule has 54 heavy (non-hydrogen) atoms. The number of ether oxygens (including phenoxy) is 2. The molecular formula is C44H86NO8P. The lowest BCUT2D eigenvalue weighted by molar-refractivity contribution is -0.870. The normalized spacial score (nSPS) is 13.7. The highest BCUT2D eigenvalue weighted by molar-refractivity contribution is 7.45. The first-order valence-corrected chi connectivity index (χ1v) is 23.9. The summed E-state index contributed by atoms with van der Waals surface area (Å²) in [7, 11) is 1.17. The molecule has 0 aliphatic heterocycles. The van der Waals surface area contributed by atoms with E-state index in [0.717, 1.165) is 44.9 Å². The van der Waals surface area contributed by atoms with Crippen LogP contribution in [0, 0.1) is 0 Å². The number of nitrogens with zero attached hydrogens (tertiary/aromatic N) is 1. The average Bonchev–Trinajstić information content (AvgIpc) is 3.12. The smallest absolute Gasteiger partial charge is 0.306 e. The third kappa shape index (κ3) is 40.4. The van der Waals surface area contributed by atoms with Crippen LogP contribution in [0.3, 0.4) is 0 Å². The van der Waals surface area contributed by atoms with Crippen molar-refractivity contribution in [3.63, 3.8) is 0 Å². The van der Waals surface area contributed by atoms with E-state index in [-0.39, 0.29) is 32.0 Å². The molecule has 0 aliphatic rings. The van der Waals surface area contributed by atoms with Crippen molar-refractivity contribution in [2.75, 3.05) is 47.5 Å². The van der Waals surface area contributed by atoms with Crippen LogP contribution in [0.2, 0.25) is 0 Å². The molecule has 0 rings (SSSR count). The van der Waals surface area contributed by atoms with Crippen molar-refractivity contribution in [2.45, 2.75) is 213 Å². The SMILES string of the molecule is CCCCCCCCC/C=C\CCCCCCCCCC(=O)OC(COC(=O)CCCCCCCCCCCCCC)COP(=O)([O-])OCC[N+](C)(C)C. The molecule has 0 N–H and O–H groups in total. The largest absolute Gasteiger partial charge is 0.756 e. The topological polar surface area (TPSA) is 111 Å². The molecule has 10 heteroatoms. The number of unbranched alkanes of at least 4 members (excludes halogenated alkanes) is 25. The standard InChI is InChI=1S/C44H86NO8P/c1-6-8-10-12-14-16-18-20-21-22-23-24-25-27-29-31-33-35-37-44(47)53-42(41-52-54(48,49)51-39-38-45(3,4)5)40-50-43(46)36-34-32-30-28-26-19-17-15-13-11-9-7-2/h21-22,42H,6-20,23-41H2,1-5H3/b22-21-. The molecule has 0 saturated heterocycles. The van der Waals surface area contributed by atoms with Gasteiger partial charge in [-0.25, -0.2) is 0 Å². The molecule has 0 amide bonds. The Hall–Kier alpha value is -1.25. The van der Waals surface area contributed by atoms with E-state index < -0.39 is 26.5 Å². The van der Waals surface area contributed by atoms with Crippen LogP contribution in [-0.2, 0) is 32.7 Å². The first-order chi connectivity index (χ1) is 26.0. The molecule has 0 aromatic rings. The van der Waals surface area contributed by atoms with E-state index >= 15 is 0 Å². The van der Waals surface area contributed by atoms with E-state index in [9.17, 15) is 19.0 Å². The van der Waals surface area contributed by atoms with Gasteiger partial charge < -0.3 is 27.9 Å². The quantitative estimate of drug-likeness (QED) is 0.0198. The summed E-state index contributed by atoms with van der Waals surface area (Å²) in [6.07, 6.45) is 38.0. The van der Waals surface area contributed by atoms with E-state index in [4.69, 9.17) is 18.5 Å². The fourth-order valence-electron chi connectivity index (χ4n) is 6.24. The van der Waals surface area contributed by atoms with Gasteiger partial charge in [-0.15, -0.1) is 0 Å². The number of carbonyl (C=O) groups is 2. The molecule has 0 heterocycles.